The Balaban J connectivity index is 1.53. The number of rotatable bonds is 2. The van der Waals surface area contributed by atoms with Gasteiger partial charge in [0.2, 0.25) is 5.95 Å². The summed E-state index contributed by atoms with van der Waals surface area (Å²) in [5, 5.41) is 0. The minimum absolute atomic E-state index is 0.116. The Morgan fingerprint density at radius 2 is 1.91 bits per heavy atom. The maximum absolute atomic E-state index is 12.2. The summed E-state index contributed by atoms with van der Waals surface area (Å²) in [5.41, 5.74) is 3.03. The molecular weight excluding hydrogens is 290 g/mol. The molecule has 4 rings (SSSR count). The molecule has 1 fully saturated rings. The minimum atomic E-state index is -0.116. The number of hydrogen-bond acceptors (Lipinski definition) is 5. The first kappa shape index (κ1) is 13.8. The van der Waals surface area contributed by atoms with E-state index < -0.39 is 0 Å². The molecule has 23 heavy (non-hydrogen) atoms. The fraction of sp³-hybridized carbons (Fsp3) is 0.235. The number of nitrogens with one attached hydrogen (secondary N) is 1. The molecule has 2 aromatic heterocycles. The van der Waals surface area contributed by atoms with Crippen molar-refractivity contribution in [2.75, 3.05) is 36.0 Å². The van der Waals surface area contributed by atoms with Gasteiger partial charge in [-0.15, -0.1) is 0 Å². The number of aromatic amines is 1. The predicted molar refractivity (Wildman–Crippen MR) is 91.6 cm³/mol. The van der Waals surface area contributed by atoms with Crippen LogP contribution in [0.3, 0.4) is 0 Å². The zero-order valence-electron chi connectivity index (χ0n) is 12.7. The van der Waals surface area contributed by atoms with Crippen LogP contribution in [0.1, 0.15) is 11.3 Å². The molecule has 0 amide bonds. The Morgan fingerprint density at radius 3 is 2.65 bits per heavy atom. The Labute approximate surface area is 133 Å². The zero-order valence-corrected chi connectivity index (χ0v) is 12.7. The van der Waals surface area contributed by atoms with E-state index in [-0.39, 0.29) is 5.56 Å². The normalized spacial score (nSPS) is 16.8. The SMILES string of the molecule is C=C1C=Cc2nc(N3CCN(c4cccnc4)CC3)[nH]c(=O)c21. The van der Waals surface area contributed by atoms with E-state index in [1.807, 2.05) is 24.4 Å². The van der Waals surface area contributed by atoms with Crippen LogP contribution in [0.25, 0.3) is 11.6 Å². The Bertz CT molecular complexity index is 832. The van der Waals surface area contributed by atoms with E-state index in [4.69, 9.17) is 0 Å². The van der Waals surface area contributed by atoms with Crippen molar-refractivity contribution >= 4 is 23.3 Å². The third-order valence-corrected chi connectivity index (χ3v) is 4.29. The largest absolute Gasteiger partial charge is 0.367 e. The molecule has 6 nitrogen and oxygen atoms in total. The summed E-state index contributed by atoms with van der Waals surface area (Å²) in [6, 6.07) is 4.01. The summed E-state index contributed by atoms with van der Waals surface area (Å²) in [6.07, 6.45) is 7.33. The first-order valence-electron chi connectivity index (χ1n) is 7.64. The van der Waals surface area contributed by atoms with Gasteiger partial charge in [-0.05, 0) is 23.8 Å². The molecule has 0 aromatic carbocycles. The lowest BCUT2D eigenvalue weighted by molar-refractivity contribution is 0.638. The van der Waals surface area contributed by atoms with Gasteiger partial charge in [0, 0.05) is 32.4 Å². The predicted octanol–water partition coefficient (Wildman–Crippen LogP) is 1.53. The van der Waals surface area contributed by atoms with Gasteiger partial charge in [-0.1, -0.05) is 12.7 Å². The second kappa shape index (κ2) is 5.39. The van der Waals surface area contributed by atoms with E-state index in [9.17, 15) is 4.79 Å². The quantitative estimate of drug-likeness (QED) is 0.911. The van der Waals surface area contributed by atoms with Gasteiger partial charge < -0.3 is 9.80 Å². The smallest absolute Gasteiger partial charge is 0.260 e. The highest BCUT2D eigenvalue weighted by atomic mass is 16.1. The standard InChI is InChI=1S/C17H17N5O/c1-12-4-5-14-15(12)16(23)20-17(19-14)22-9-7-21(8-10-22)13-3-2-6-18-11-13/h2-6,11H,1,7-10H2,(H,19,20,23). The highest BCUT2D eigenvalue weighted by molar-refractivity contribution is 5.87. The molecular formula is C17H17N5O. The molecule has 6 heteroatoms. The van der Waals surface area contributed by atoms with E-state index in [1.165, 1.54) is 0 Å². The number of allylic oxidation sites excluding steroid dienone is 2. The van der Waals surface area contributed by atoms with Gasteiger partial charge in [-0.3, -0.25) is 14.8 Å². The molecule has 0 atom stereocenters. The van der Waals surface area contributed by atoms with Crippen molar-refractivity contribution in [3.05, 3.63) is 58.8 Å². The fourth-order valence-corrected chi connectivity index (χ4v) is 3.04. The van der Waals surface area contributed by atoms with Crippen molar-refractivity contribution in [3.8, 4) is 0 Å². The molecule has 116 valence electrons. The molecule has 0 spiro atoms. The molecule has 2 aliphatic rings. The van der Waals surface area contributed by atoms with Gasteiger partial charge in [-0.2, -0.15) is 0 Å². The third kappa shape index (κ3) is 2.42. The average molecular weight is 307 g/mol. The Hall–Kier alpha value is -2.89. The monoisotopic (exact) mass is 307 g/mol. The summed E-state index contributed by atoms with van der Waals surface area (Å²) < 4.78 is 0. The van der Waals surface area contributed by atoms with Crippen LogP contribution in [-0.2, 0) is 0 Å². The third-order valence-electron chi connectivity index (χ3n) is 4.29. The van der Waals surface area contributed by atoms with Crippen molar-refractivity contribution in [1.29, 1.82) is 0 Å². The number of nitrogens with zero attached hydrogens (tertiary/aromatic N) is 4. The van der Waals surface area contributed by atoms with Crippen molar-refractivity contribution < 1.29 is 0 Å². The van der Waals surface area contributed by atoms with Crippen LogP contribution in [0.2, 0.25) is 0 Å². The minimum Gasteiger partial charge on any atom is -0.367 e. The highest BCUT2D eigenvalue weighted by Gasteiger charge is 2.22. The molecule has 1 saturated heterocycles. The topological polar surface area (TPSA) is 65.1 Å². The molecule has 1 aliphatic heterocycles. The van der Waals surface area contributed by atoms with Crippen LogP contribution >= 0.6 is 0 Å². The number of anilines is 2. The summed E-state index contributed by atoms with van der Waals surface area (Å²) in [5.74, 6) is 0.638. The van der Waals surface area contributed by atoms with Crippen molar-refractivity contribution in [2.45, 2.75) is 0 Å². The van der Waals surface area contributed by atoms with Crippen molar-refractivity contribution in [3.63, 3.8) is 0 Å². The average Bonchev–Trinajstić information content (AvgIpc) is 2.97. The molecule has 0 radical (unpaired) electrons. The first-order chi connectivity index (χ1) is 11.2. The van der Waals surface area contributed by atoms with E-state index in [0.29, 0.717) is 17.2 Å². The summed E-state index contributed by atoms with van der Waals surface area (Å²) in [7, 11) is 0. The lowest BCUT2D eigenvalue weighted by atomic mass is 10.2. The van der Waals surface area contributed by atoms with Crippen LogP contribution in [0.4, 0.5) is 11.6 Å². The highest BCUT2D eigenvalue weighted by Crippen LogP contribution is 2.24. The van der Waals surface area contributed by atoms with Gasteiger partial charge in [0.25, 0.3) is 5.56 Å². The van der Waals surface area contributed by atoms with Gasteiger partial charge in [-0.25, -0.2) is 4.98 Å². The molecule has 0 bridgehead atoms. The van der Waals surface area contributed by atoms with Crippen LogP contribution in [0, 0.1) is 0 Å². The number of fused-ring (bicyclic) bond motifs is 1. The first-order valence-corrected chi connectivity index (χ1v) is 7.64. The van der Waals surface area contributed by atoms with Gasteiger partial charge in [0.05, 0.1) is 23.1 Å². The number of piperazine rings is 1. The van der Waals surface area contributed by atoms with E-state index in [2.05, 4.69) is 37.4 Å². The molecule has 0 unspecified atom stereocenters. The lowest BCUT2D eigenvalue weighted by Gasteiger charge is -2.36. The van der Waals surface area contributed by atoms with Crippen LogP contribution < -0.4 is 15.4 Å². The van der Waals surface area contributed by atoms with Crippen molar-refractivity contribution in [2.24, 2.45) is 0 Å². The van der Waals surface area contributed by atoms with Crippen LogP contribution in [0.5, 0.6) is 0 Å². The fourth-order valence-electron chi connectivity index (χ4n) is 3.04. The van der Waals surface area contributed by atoms with Crippen LogP contribution in [-0.4, -0.2) is 41.1 Å². The maximum Gasteiger partial charge on any atom is 0.260 e. The van der Waals surface area contributed by atoms with Gasteiger partial charge in [0.15, 0.2) is 0 Å². The Morgan fingerprint density at radius 1 is 1.13 bits per heavy atom. The number of pyridine rings is 1. The summed E-state index contributed by atoms with van der Waals surface area (Å²) in [4.78, 5) is 28.3. The molecule has 1 aliphatic carbocycles. The molecule has 0 saturated carbocycles. The number of H-pyrrole nitrogens is 1. The summed E-state index contributed by atoms with van der Waals surface area (Å²) in [6.45, 7) is 7.22. The Kier molecular flexibility index (Phi) is 3.22. The zero-order chi connectivity index (χ0) is 15.8. The number of hydrogen-bond donors (Lipinski definition) is 1. The summed E-state index contributed by atoms with van der Waals surface area (Å²) >= 11 is 0. The van der Waals surface area contributed by atoms with E-state index in [0.717, 1.165) is 37.4 Å². The van der Waals surface area contributed by atoms with Gasteiger partial charge >= 0.3 is 0 Å². The maximum atomic E-state index is 12.2. The second-order valence-corrected chi connectivity index (χ2v) is 5.69. The second-order valence-electron chi connectivity index (χ2n) is 5.69. The lowest BCUT2D eigenvalue weighted by Crippen LogP contribution is -2.47. The van der Waals surface area contributed by atoms with E-state index >= 15 is 0 Å². The molecule has 3 heterocycles. The van der Waals surface area contributed by atoms with Gasteiger partial charge in [0.1, 0.15) is 0 Å². The van der Waals surface area contributed by atoms with E-state index in [1.54, 1.807) is 6.20 Å². The molecule has 1 N–H and O–H groups in total. The van der Waals surface area contributed by atoms with Crippen molar-refractivity contribution in [1.82, 2.24) is 15.0 Å². The number of aromatic nitrogens is 3. The van der Waals surface area contributed by atoms with Crippen LogP contribution in [0.15, 0.2) is 42.0 Å². The molecule has 2 aromatic rings.